The number of hydrogen-bond donors (Lipinski definition) is 3. The molecule has 3 nitrogen and oxygen atoms in total. The first-order valence-corrected chi connectivity index (χ1v) is 38.2. The zero-order valence-corrected chi connectivity index (χ0v) is 55.0. The van der Waals surface area contributed by atoms with Gasteiger partial charge in [-0.15, -0.1) is 0 Å². The number of unbranched alkanes of at least 4 members (excludes halogenated alkanes) is 69. The third-order valence-electron chi connectivity index (χ3n) is 18.6. The van der Waals surface area contributed by atoms with Crippen molar-refractivity contribution in [2.24, 2.45) is 0 Å². The highest BCUT2D eigenvalue weighted by molar-refractivity contribution is 4.60. The zero-order chi connectivity index (χ0) is 56.6. The molecule has 0 bridgehead atoms. The lowest BCUT2D eigenvalue weighted by Crippen LogP contribution is -2.05. The fourth-order valence-electron chi connectivity index (χ4n) is 13.0. The minimum absolute atomic E-state index is 0.0467. The quantitative estimate of drug-likeness (QED) is 0.0532. The van der Waals surface area contributed by atoms with Gasteiger partial charge in [-0.05, 0) is 25.7 Å². The third-order valence-corrected chi connectivity index (χ3v) is 18.6. The summed E-state index contributed by atoms with van der Waals surface area (Å²) in [5.74, 6) is 0. The molecule has 1 unspecified atom stereocenters. The fraction of sp³-hybridized carbons (Fsp3) is 1.00. The van der Waals surface area contributed by atoms with Gasteiger partial charge in [-0.2, -0.15) is 0 Å². The van der Waals surface area contributed by atoms with Gasteiger partial charge in [0.15, 0.2) is 0 Å². The number of aliphatic hydroxyl groups excluding tert-OH is 3. The normalized spacial score (nSPS) is 12.2. The van der Waals surface area contributed by atoms with Gasteiger partial charge < -0.3 is 15.3 Å². The van der Waals surface area contributed by atoms with E-state index in [9.17, 15) is 5.11 Å². The second kappa shape index (κ2) is 75.9. The van der Waals surface area contributed by atoms with Crippen LogP contribution in [0.1, 0.15) is 469 Å². The van der Waals surface area contributed by atoms with E-state index in [-0.39, 0.29) is 6.10 Å². The van der Waals surface area contributed by atoms with Crippen LogP contribution in [0.4, 0.5) is 0 Å². The van der Waals surface area contributed by atoms with Crippen LogP contribution >= 0.6 is 0 Å². The SMILES string of the molecule is OCCCCCCCCCCCCCCCCCCCCCCCCCCCCCCCCCCCCCCCCCCCCCCCCCC(O)CCCCCCCCCCCCCCCCCCCCCCCCCCO. The highest BCUT2D eigenvalue weighted by Gasteiger charge is 2.05. The Morgan fingerprint density at radius 1 is 0.114 bits per heavy atom. The molecule has 1 atom stereocenters. The molecular formula is C76H154O3. The molecule has 0 aromatic carbocycles. The first-order chi connectivity index (χ1) is 39.3. The molecule has 0 fully saturated rings. The largest absolute Gasteiger partial charge is 0.396 e. The summed E-state index contributed by atoms with van der Waals surface area (Å²) in [5, 5.41) is 28.2. The lowest BCUT2D eigenvalue weighted by atomic mass is 10.0. The Morgan fingerprint density at radius 2 is 0.190 bits per heavy atom. The molecule has 0 aliphatic carbocycles. The Labute approximate surface area is 500 Å². The van der Waals surface area contributed by atoms with Crippen LogP contribution < -0.4 is 0 Å². The van der Waals surface area contributed by atoms with Crippen molar-refractivity contribution in [3.05, 3.63) is 0 Å². The van der Waals surface area contributed by atoms with Gasteiger partial charge >= 0.3 is 0 Å². The van der Waals surface area contributed by atoms with Crippen LogP contribution in [0, 0.1) is 0 Å². The van der Waals surface area contributed by atoms with Crippen molar-refractivity contribution in [3.63, 3.8) is 0 Å². The first-order valence-electron chi connectivity index (χ1n) is 38.2. The smallest absolute Gasteiger partial charge is 0.0540 e. The molecule has 0 spiro atoms. The van der Waals surface area contributed by atoms with E-state index in [0.717, 1.165) is 25.7 Å². The van der Waals surface area contributed by atoms with Gasteiger partial charge in [0.25, 0.3) is 0 Å². The van der Waals surface area contributed by atoms with Crippen LogP contribution in [0.15, 0.2) is 0 Å². The summed E-state index contributed by atoms with van der Waals surface area (Å²) in [5.41, 5.74) is 0. The van der Waals surface area contributed by atoms with Crippen molar-refractivity contribution in [3.8, 4) is 0 Å². The van der Waals surface area contributed by atoms with Gasteiger partial charge in [-0.25, -0.2) is 0 Å². The van der Waals surface area contributed by atoms with Gasteiger partial charge in [-0.3, -0.25) is 0 Å². The summed E-state index contributed by atoms with van der Waals surface area (Å²) in [6.07, 6.45) is 103. The number of aliphatic hydroxyl groups is 3. The molecule has 0 radical (unpaired) electrons. The molecule has 0 saturated heterocycles. The van der Waals surface area contributed by atoms with Crippen molar-refractivity contribution in [2.75, 3.05) is 13.2 Å². The van der Waals surface area contributed by atoms with Crippen molar-refractivity contribution >= 4 is 0 Å². The minimum atomic E-state index is -0.0467. The van der Waals surface area contributed by atoms with Crippen LogP contribution in [-0.4, -0.2) is 34.6 Å². The first kappa shape index (κ1) is 78.9. The summed E-state index contributed by atoms with van der Waals surface area (Å²) in [6, 6.07) is 0. The van der Waals surface area contributed by atoms with Crippen molar-refractivity contribution in [1.29, 1.82) is 0 Å². The Kier molecular flexibility index (Phi) is 75.8. The predicted molar refractivity (Wildman–Crippen MR) is 357 cm³/mol. The molecule has 79 heavy (non-hydrogen) atoms. The van der Waals surface area contributed by atoms with Gasteiger partial charge in [0, 0.05) is 13.2 Å². The standard InChI is InChI=1S/C76H154O3/c77-74-70-66-62-58-54-50-46-42-38-34-30-26-23-21-19-17-15-13-11-9-7-5-3-1-2-4-6-8-10-12-14-16-18-20-22-24-28-32-36-40-44-48-52-56-60-64-68-72-76(79)73-69-65-61-57-53-49-45-41-37-33-29-25-27-31-35-39-43-47-51-55-59-63-67-71-75-78/h76-79H,1-75H2. The molecule has 0 aliphatic heterocycles. The Hall–Kier alpha value is -0.120. The molecule has 0 aromatic rings. The van der Waals surface area contributed by atoms with Crippen LogP contribution in [0.2, 0.25) is 0 Å². The Bertz CT molecular complexity index is 999. The molecule has 0 aliphatic rings. The molecule has 3 heteroatoms. The van der Waals surface area contributed by atoms with Crippen LogP contribution in [0.5, 0.6) is 0 Å². The lowest BCUT2D eigenvalue weighted by Gasteiger charge is -2.10. The summed E-state index contributed by atoms with van der Waals surface area (Å²) in [6.45, 7) is 0.741. The molecular weight excluding hydrogens is 961 g/mol. The van der Waals surface area contributed by atoms with Crippen LogP contribution in [-0.2, 0) is 0 Å². The van der Waals surface area contributed by atoms with Crippen LogP contribution in [0.3, 0.4) is 0 Å². The molecule has 0 saturated carbocycles. The van der Waals surface area contributed by atoms with E-state index in [0.29, 0.717) is 13.2 Å². The number of hydrogen-bond acceptors (Lipinski definition) is 3. The minimum Gasteiger partial charge on any atom is -0.396 e. The molecule has 0 heterocycles. The molecule has 0 rings (SSSR count). The summed E-state index contributed by atoms with van der Waals surface area (Å²) in [7, 11) is 0. The van der Waals surface area contributed by atoms with E-state index >= 15 is 0 Å². The maximum atomic E-state index is 10.5. The van der Waals surface area contributed by atoms with E-state index in [1.54, 1.807) is 0 Å². The average Bonchev–Trinajstić information content (AvgIpc) is 3.45. The zero-order valence-electron chi connectivity index (χ0n) is 55.0. The topological polar surface area (TPSA) is 60.7 Å². The van der Waals surface area contributed by atoms with Crippen molar-refractivity contribution < 1.29 is 15.3 Å². The maximum absolute atomic E-state index is 10.5. The van der Waals surface area contributed by atoms with Gasteiger partial charge in [0.2, 0.25) is 0 Å². The molecule has 3 N–H and O–H groups in total. The Balaban J connectivity index is 3.13. The third kappa shape index (κ3) is 75.9. The van der Waals surface area contributed by atoms with E-state index < -0.39 is 0 Å². The summed E-state index contributed by atoms with van der Waals surface area (Å²) < 4.78 is 0. The molecule has 0 aromatic heterocycles. The average molecular weight is 1120 g/mol. The molecule has 476 valence electrons. The highest BCUT2D eigenvalue weighted by atomic mass is 16.3. The van der Waals surface area contributed by atoms with Gasteiger partial charge in [-0.1, -0.05) is 443 Å². The van der Waals surface area contributed by atoms with Crippen molar-refractivity contribution in [1.82, 2.24) is 0 Å². The van der Waals surface area contributed by atoms with Gasteiger partial charge in [0.1, 0.15) is 0 Å². The highest BCUT2D eigenvalue weighted by Crippen LogP contribution is 2.21. The van der Waals surface area contributed by atoms with E-state index in [1.807, 2.05) is 0 Å². The second-order valence-electron chi connectivity index (χ2n) is 26.8. The van der Waals surface area contributed by atoms with Crippen molar-refractivity contribution in [2.45, 2.75) is 475 Å². The van der Waals surface area contributed by atoms with Crippen LogP contribution in [0.25, 0.3) is 0 Å². The Morgan fingerprint density at radius 3 is 0.278 bits per heavy atom. The van der Waals surface area contributed by atoms with E-state index in [2.05, 4.69) is 0 Å². The maximum Gasteiger partial charge on any atom is 0.0540 e. The lowest BCUT2D eigenvalue weighted by molar-refractivity contribution is 0.147. The summed E-state index contributed by atoms with van der Waals surface area (Å²) in [4.78, 5) is 0. The van der Waals surface area contributed by atoms with Gasteiger partial charge in [0.05, 0.1) is 6.10 Å². The van der Waals surface area contributed by atoms with E-state index in [4.69, 9.17) is 10.2 Å². The second-order valence-corrected chi connectivity index (χ2v) is 26.8. The van der Waals surface area contributed by atoms with E-state index in [1.165, 1.54) is 443 Å². The molecule has 0 amide bonds. The predicted octanol–water partition coefficient (Wildman–Crippen LogP) is 26.8. The fourth-order valence-corrected chi connectivity index (χ4v) is 13.0. The number of rotatable bonds is 75. The summed E-state index contributed by atoms with van der Waals surface area (Å²) >= 11 is 0. The monoisotopic (exact) mass is 1120 g/mol.